The zero-order valence-electron chi connectivity index (χ0n) is 6.61. The van der Waals surface area contributed by atoms with Crippen LogP contribution in [0.25, 0.3) is 0 Å². The molecule has 0 aliphatic heterocycles. The quantitative estimate of drug-likeness (QED) is 0.615. The third kappa shape index (κ3) is 1.07. The molecule has 1 fully saturated rings. The standard InChI is InChI=1S/C7H8N2O2S/c1-2-12(10,11)6-3-7(6,4-8)5-9/h6H,2-3H2,1H3/t6-/m1/s1. The molecular formula is C7H8N2O2S. The Morgan fingerprint density at radius 1 is 1.50 bits per heavy atom. The number of rotatable bonds is 2. The van der Waals surface area contributed by atoms with Gasteiger partial charge in [-0.15, -0.1) is 0 Å². The molecule has 0 amide bonds. The van der Waals surface area contributed by atoms with E-state index in [0.29, 0.717) is 0 Å². The molecule has 12 heavy (non-hydrogen) atoms. The highest BCUT2D eigenvalue weighted by Crippen LogP contribution is 2.49. The number of hydrogen-bond donors (Lipinski definition) is 0. The zero-order valence-corrected chi connectivity index (χ0v) is 7.43. The van der Waals surface area contributed by atoms with Gasteiger partial charge in [0.05, 0.1) is 17.4 Å². The molecule has 0 heterocycles. The van der Waals surface area contributed by atoms with E-state index in [-0.39, 0.29) is 12.2 Å². The summed E-state index contributed by atoms with van der Waals surface area (Å²) in [5, 5.41) is 16.4. The van der Waals surface area contributed by atoms with Crippen molar-refractivity contribution in [2.24, 2.45) is 5.41 Å². The van der Waals surface area contributed by atoms with Crippen LogP contribution < -0.4 is 0 Å². The predicted molar refractivity (Wildman–Crippen MR) is 41.5 cm³/mol. The van der Waals surface area contributed by atoms with Crippen molar-refractivity contribution in [1.29, 1.82) is 10.5 Å². The van der Waals surface area contributed by atoms with E-state index in [1.807, 2.05) is 0 Å². The second-order valence-electron chi connectivity index (χ2n) is 2.84. The van der Waals surface area contributed by atoms with Crippen LogP contribution in [0.15, 0.2) is 0 Å². The Kier molecular flexibility index (Phi) is 1.85. The van der Waals surface area contributed by atoms with Crippen molar-refractivity contribution in [3.05, 3.63) is 0 Å². The van der Waals surface area contributed by atoms with Gasteiger partial charge < -0.3 is 0 Å². The molecule has 5 heteroatoms. The van der Waals surface area contributed by atoms with Crippen molar-refractivity contribution in [3.8, 4) is 12.1 Å². The lowest BCUT2D eigenvalue weighted by molar-refractivity contribution is 0.593. The van der Waals surface area contributed by atoms with E-state index < -0.39 is 20.5 Å². The molecule has 0 radical (unpaired) electrons. The normalized spacial score (nSPS) is 25.4. The van der Waals surface area contributed by atoms with Crippen LogP contribution in [-0.4, -0.2) is 19.4 Å². The lowest BCUT2D eigenvalue weighted by Gasteiger charge is -1.97. The maximum absolute atomic E-state index is 11.2. The summed E-state index contributed by atoms with van der Waals surface area (Å²) in [6.45, 7) is 1.52. The lowest BCUT2D eigenvalue weighted by atomic mass is 10.2. The van der Waals surface area contributed by atoms with Gasteiger partial charge in [-0.3, -0.25) is 0 Å². The van der Waals surface area contributed by atoms with Gasteiger partial charge in [-0.05, 0) is 6.42 Å². The van der Waals surface area contributed by atoms with Crippen LogP contribution in [0.1, 0.15) is 13.3 Å². The van der Waals surface area contributed by atoms with Gasteiger partial charge >= 0.3 is 0 Å². The molecule has 4 nitrogen and oxygen atoms in total. The zero-order chi connectivity index (χ0) is 9.41. The first kappa shape index (κ1) is 9.02. The minimum absolute atomic E-state index is 0.00275. The fourth-order valence-electron chi connectivity index (χ4n) is 1.13. The molecule has 1 aliphatic rings. The van der Waals surface area contributed by atoms with Crippen LogP contribution in [0.5, 0.6) is 0 Å². The Balaban J connectivity index is 2.93. The highest BCUT2D eigenvalue weighted by Gasteiger charge is 2.62. The summed E-state index contributed by atoms with van der Waals surface area (Å²) in [6.07, 6.45) is 0.177. The number of sulfone groups is 1. The summed E-state index contributed by atoms with van der Waals surface area (Å²) in [4.78, 5) is 0. The van der Waals surface area contributed by atoms with Gasteiger partial charge in [-0.25, -0.2) is 8.42 Å². The molecule has 0 aromatic heterocycles. The first-order valence-electron chi connectivity index (χ1n) is 3.56. The van der Waals surface area contributed by atoms with Gasteiger partial charge in [0.2, 0.25) is 0 Å². The summed E-state index contributed by atoms with van der Waals surface area (Å²) >= 11 is 0. The van der Waals surface area contributed by atoms with Gasteiger partial charge in [0.15, 0.2) is 15.3 Å². The highest BCUT2D eigenvalue weighted by atomic mass is 32.2. The molecule has 1 rings (SSSR count). The number of nitriles is 2. The van der Waals surface area contributed by atoms with Crippen LogP contribution in [-0.2, 0) is 9.84 Å². The largest absolute Gasteiger partial charge is 0.228 e. The third-order valence-corrected chi connectivity index (χ3v) is 4.37. The first-order chi connectivity index (χ1) is 5.52. The fourth-order valence-corrected chi connectivity index (χ4v) is 2.77. The summed E-state index contributed by atoms with van der Waals surface area (Å²) in [5.74, 6) is 0.00275. The number of hydrogen-bond acceptors (Lipinski definition) is 4. The van der Waals surface area contributed by atoms with E-state index in [1.165, 1.54) is 6.92 Å². The Morgan fingerprint density at radius 3 is 2.25 bits per heavy atom. The molecule has 0 spiro atoms. The minimum atomic E-state index is -3.20. The summed E-state index contributed by atoms with van der Waals surface area (Å²) in [6, 6.07) is 3.50. The van der Waals surface area contributed by atoms with E-state index in [4.69, 9.17) is 10.5 Å². The Labute approximate surface area is 71.3 Å². The molecule has 0 saturated heterocycles. The van der Waals surface area contributed by atoms with E-state index in [9.17, 15) is 8.42 Å². The monoisotopic (exact) mass is 184 g/mol. The average molecular weight is 184 g/mol. The molecule has 0 aromatic carbocycles. The van der Waals surface area contributed by atoms with Crippen molar-refractivity contribution in [2.45, 2.75) is 18.6 Å². The topological polar surface area (TPSA) is 81.7 Å². The van der Waals surface area contributed by atoms with Crippen LogP contribution in [0, 0.1) is 28.1 Å². The first-order valence-corrected chi connectivity index (χ1v) is 5.28. The van der Waals surface area contributed by atoms with Gasteiger partial charge in [0.25, 0.3) is 0 Å². The maximum atomic E-state index is 11.2. The molecule has 64 valence electrons. The molecule has 0 aromatic rings. The Hall–Kier alpha value is -1.07. The average Bonchev–Trinajstić information content (AvgIpc) is 2.80. The van der Waals surface area contributed by atoms with Crippen LogP contribution in [0.4, 0.5) is 0 Å². The lowest BCUT2D eigenvalue weighted by Crippen LogP contribution is -2.15. The highest BCUT2D eigenvalue weighted by molar-refractivity contribution is 7.92. The van der Waals surface area contributed by atoms with Gasteiger partial charge in [-0.1, -0.05) is 6.92 Å². The van der Waals surface area contributed by atoms with Crippen LogP contribution in [0.3, 0.4) is 0 Å². The minimum Gasteiger partial charge on any atom is -0.228 e. The van der Waals surface area contributed by atoms with Gasteiger partial charge in [0.1, 0.15) is 0 Å². The molecule has 0 N–H and O–H groups in total. The summed E-state index contributed by atoms with van der Waals surface area (Å²) < 4.78 is 22.4. The van der Waals surface area contributed by atoms with E-state index in [1.54, 1.807) is 12.1 Å². The summed E-state index contributed by atoms with van der Waals surface area (Å²) in [5.41, 5.74) is -1.24. The van der Waals surface area contributed by atoms with E-state index >= 15 is 0 Å². The molecule has 1 aliphatic carbocycles. The number of nitrogens with zero attached hydrogens (tertiary/aromatic N) is 2. The molecule has 1 atom stereocenters. The van der Waals surface area contributed by atoms with Crippen molar-refractivity contribution in [3.63, 3.8) is 0 Å². The SMILES string of the molecule is CCS(=O)(=O)[C@@H]1CC1(C#N)C#N. The molecule has 1 saturated carbocycles. The molecular weight excluding hydrogens is 176 g/mol. The second-order valence-corrected chi connectivity index (χ2v) is 5.31. The van der Waals surface area contributed by atoms with Crippen molar-refractivity contribution in [1.82, 2.24) is 0 Å². The second kappa shape index (κ2) is 2.46. The Bertz CT molecular complexity index is 357. The fraction of sp³-hybridized carbons (Fsp3) is 0.714. The molecule has 0 bridgehead atoms. The Morgan fingerprint density at radius 2 is 2.00 bits per heavy atom. The van der Waals surface area contributed by atoms with Crippen LogP contribution in [0.2, 0.25) is 0 Å². The smallest absolute Gasteiger partial charge is 0.161 e. The van der Waals surface area contributed by atoms with Gasteiger partial charge in [0, 0.05) is 5.75 Å². The van der Waals surface area contributed by atoms with Crippen LogP contribution >= 0.6 is 0 Å². The maximum Gasteiger partial charge on any atom is 0.161 e. The third-order valence-electron chi connectivity index (χ3n) is 2.13. The van der Waals surface area contributed by atoms with Crippen molar-refractivity contribution < 1.29 is 8.42 Å². The predicted octanol–water partition coefficient (Wildman–Crippen LogP) is 0.227. The molecule has 0 unspecified atom stereocenters. The van der Waals surface area contributed by atoms with Gasteiger partial charge in [-0.2, -0.15) is 10.5 Å². The van der Waals surface area contributed by atoms with E-state index in [2.05, 4.69) is 0 Å². The van der Waals surface area contributed by atoms with Crippen molar-refractivity contribution >= 4 is 9.84 Å². The van der Waals surface area contributed by atoms with E-state index in [0.717, 1.165) is 0 Å². The summed E-state index contributed by atoms with van der Waals surface area (Å²) in [7, 11) is -3.20. The van der Waals surface area contributed by atoms with Crippen molar-refractivity contribution in [2.75, 3.05) is 5.75 Å².